The van der Waals surface area contributed by atoms with Crippen molar-refractivity contribution in [2.45, 2.75) is 6.92 Å². The lowest BCUT2D eigenvalue weighted by molar-refractivity contribution is 0.0686. The second kappa shape index (κ2) is 4.08. The van der Waals surface area contributed by atoms with Gasteiger partial charge in [-0.25, -0.2) is 9.78 Å². The van der Waals surface area contributed by atoms with Crippen molar-refractivity contribution in [1.82, 2.24) is 20.2 Å². The highest BCUT2D eigenvalue weighted by Gasteiger charge is 2.20. The Kier molecular flexibility index (Phi) is 2.61. The van der Waals surface area contributed by atoms with E-state index in [2.05, 4.69) is 25.5 Å². The summed E-state index contributed by atoms with van der Waals surface area (Å²) in [6, 6.07) is 0. The van der Waals surface area contributed by atoms with Gasteiger partial charge in [-0.3, -0.25) is 9.89 Å². The molecule has 0 radical (unpaired) electrons. The molecular formula is C9H9N5O3. The van der Waals surface area contributed by atoms with Gasteiger partial charge in [0.25, 0.3) is 5.91 Å². The molecule has 2 heterocycles. The van der Waals surface area contributed by atoms with E-state index in [9.17, 15) is 9.59 Å². The average Bonchev–Trinajstić information content (AvgIpc) is 2.87. The van der Waals surface area contributed by atoms with Crippen molar-refractivity contribution in [3.63, 3.8) is 0 Å². The number of nitrogens with one attached hydrogen (secondary N) is 3. The van der Waals surface area contributed by atoms with Gasteiger partial charge in [0, 0.05) is 5.56 Å². The minimum Gasteiger partial charge on any atom is -0.477 e. The van der Waals surface area contributed by atoms with Crippen LogP contribution in [-0.2, 0) is 0 Å². The molecule has 0 saturated carbocycles. The second-order valence-corrected chi connectivity index (χ2v) is 3.31. The second-order valence-electron chi connectivity index (χ2n) is 3.31. The summed E-state index contributed by atoms with van der Waals surface area (Å²) < 4.78 is 0. The lowest BCUT2D eigenvalue weighted by Gasteiger charge is -2.01. The smallest absolute Gasteiger partial charge is 0.354 e. The zero-order valence-electron chi connectivity index (χ0n) is 8.81. The van der Waals surface area contributed by atoms with E-state index in [1.54, 1.807) is 6.92 Å². The summed E-state index contributed by atoms with van der Waals surface area (Å²) in [6.07, 6.45) is 2.69. The molecule has 0 aliphatic carbocycles. The van der Waals surface area contributed by atoms with Crippen LogP contribution in [0.4, 0.5) is 5.82 Å². The molecule has 0 bridgehead atoms. The van der Waals surface area contributed by atoms with E-state index in [-0.39, 0.29) is 11.4 Å². The fourth-order valence-electron chi connectivity index (χ4n) is 1.28. The molecule has 2 rings (SSSR count). The van der Waals surface area contributed by atoms with Crippen LogP contribution in [0.15, 0.2) is 12.5 Å². The predicted octanol–water partition coefficient (Wildman–Crippen LogP) is 0.392. The van der Waals surface area contributed by atoms with Crippen LogP contribution in [-0.4, -0.2) is 37.1 Å². The molecule has 0 aromatic carbocycles. The van der Waals surface area contributed by atoms with Crippen LogP contribution < -0.4 is 5.32 Å². The van der Waals surface area contributed by atoms with E-state index in [1.165, 1.54) is 6.20 Å². The van der Waals surface area contributed by atoms with Gasteiger partial charge in [0.2, 0.25) is 0 Å². The van der Waals surface area contributed by atoms with Gasteiger partial charge < -0.3 is 15.4 Å². The van der Waals surface area contributed by atoms with Crippen LogP contribution in [0.25, 0.3) is 0 Å². The molecular weight excluding hydrogens is 226 g/mol. The molecule has 4 N–H and O–H groups in total. The maximum Gasteiger partial charge on any atom is 0.354 e. The van der Waals surface area contributed by atoms with Crippen molar-refractivity contribution < 1.29 is 14.7 Å². The van der Waals surface area contributed by atoms with Crippen molar-refractivity contribution in [2.24, 2.45) is 0 Å². The van der Waals surface area contributed by atoms with Gasteiger partial charge in [0.1, 0.15) is 5.82 Å². The Morgan fingerprint density at radius 2 is 2.24 bits per heavy atom. The summed E-state index contributed by atoms with van der Waals surface area (Å²) in [7, 11) is 0. The predicted molar refractivity (Wildman–Crippen MR) is 56.8 cm³/mol. The number of carbonyl (C=O) groups is 2. The Morgan fingerprint density at radius 1 is 1.47 bits per heavy atom. The van der Waals surface area contributed by atoms with Gasteiger partial charge in [-0.1, -0.05) is 0 Å². The summed E-state index contributed by atoms with van der Waals surface area (Å²) in [5, 5.41) is 17.6. The van der Waals surface area contributed by atoms with E-state index >= 15 is 0 Å². The third kappa shape index (κ3) is 2.00. The lowest BCUT2D eigenvalue weighted by atomic mass is 10.3. The average molecular weight is 235 g/mol. The van der Waals surface area contributed by atoms with Crippen LogP contribution in [0.5, 0.6) is 0 Å². The highest BCUT2D eigenvalue weighted by Crippen LogP contribution is 2.11. The number of rotatable bonds is 3. The molecule has 1 amide bonds. The van der Waals surface area contributed by atoms with Gasteiger partial charge in [0.15, 0.2) is 11.4 Å². The number of nitrogens with zero attached hydrogens (tertiary/aromatic N) is 2. The third-order valence-electron chi connectivity index (χ3n) is 2.14. The van der Waals surface area contributed by atoms with Crippen LogP contribution in [0, 0.1) is 6.92 Å². The highest BCUT2D eigenvalue weighted by atomic mass is 16.4. The van der Waals surface area contributed by atoms with Crippen molar-refractivity contribution in [3.8, 4) is 0 Å². The molecule has 17 heavy (non-hydrogen) atoms. The normalized spacial score (nSPS) is 10.2. The Morgan fingerprint density at radius 3 is 2.82 bits per heavy atom. The highest BCUT2D eigenvalue weighted by molar-refractivity contribution is 6.08. The first-order chi connectivity index (χ1) is 8.09. The summed E-state index contributed by atoms with van der Waals surface area (Å²) in [5.41, 5.74) is 0.317. The number of aromatic amines is 2. The number of H-pyrrole nitrogens is 2. The van der Waals surface area contributed by atoms with Crippen molar-refractivity contribution in [1.29, 1.82) is 0 Å². The first kappa shape index (κ1) is 10.9. The molecule has 2 aromatic heterocycles. The molecule has 0 spiro atoms. The van der Waals surface area contributed by atoms with Crippen LogP contribution >= 0.6 is 0 Å². The zero-order chi connectivity index (χ0) is 12.4. The molecule has 2 aromatic rings. The fraction of sp³-hybridized carbons (Fsp3) is 0.111. The van der Waals surface area contributed by atoms with Gasteiger partial charge in [-0.15, -0.1) is 0 Å². The fourth-order valence-corrected chi connectivity index (χ4v) is 1.28. The van der Waals surface area contributed by atoms with E-state index in [1.807, 2.05) is 0 Å². The number of anilines is 1. The topological polar surface area (TPSA) is 124 Å². The van der Waals surface area contributed by atoms with E-state index in [0.717, 1.165) is 11.9 Å². The summed E-state index contributed by atoms with van der Waals surface area (Å²) >= 11 is 0. The number of imidazole rings is 1. The molecule has 0 aliphatic rings. The molecule has 0 atom stereocenters. The molecule has 0 saturated heterocycles. The van der Waals surface area contributed by atoms with Crippen LogP contribution in [0.1, 0.15) is 26.5 Å². The Hall–Kier alpha value is -2.64. The third-order valence-corrected chi connectivity index (χ3v) is 2.14. The number of amides is 1. The summed E-state index contributed by atoms with van der Waals surface area (Å²) in [4.78, 5) is 28.6. The number of aromatic carboxylic acids is 1. The zero-order valence-corrected chi connectivity index (χ0v) is 8.81. The molecule has 0 aliphatic heterocycles. The van der Waals surface area contributed by atoms with Crippen LogP contribution in [0.3, 0.4) is 0 Å². The number of carboxylic acid groups (broad SMARTS) is 1. The maximum absolute atomic E-state index is 11.7. The van der Waals surface area contributed by atoms with E-state index < -0.39 is 11.9 Å². The van der Waals surface area contributed by atoms with E-state index in [0.29, 0.717) is 5.82 Å². The summed E-state index contributed by atoms with van der Waals surface area (Å²) in [5.74, 6) is -1.45. The number of carboxylic acids is 1. The monoisotopic (exact) mass is 235 g/mol. The lowest BCUT2D eigenvalue weighted by Crippen LogP contribution is -2.17. The maximum atomic E-state index is 11.7. The summed E-state index contributed by atoms with van der Waals surface area (Å²) in [6.45, 7) is 1.75. The minimum atomic E-state index is -1.24. The largest absolute Gasteiger partial charge is 0.477 e. The number of carbonyl (C=O) groups excluding carboxylic acids is 1. The molecule has 88 valence electrons. The minimum absolute atomic E-state index is 0.175. The van der Waals surface area contributed by atoms with Crippen molar-refractivity contribution >= 4 is 17.7 Å². The van der Waals surface area contributed by atoms with Crippen molar-refractivity contribution in [2.75, 3.05) is 5.32 Å². The molecule has 8 heteroatoms. The van der Waals surface area contributed by atoms with Gasteiger partial charge in [-0.2, -0.15) is 5.10 Å². The number of aryl methyl sites for hydroxylation is 1. The quantitative estimate of drug-likeness (QED) is 0.612. The van der Waals surface area contributed by atoms with Crippen molar-refractivity contribution in [3.05, 3.63) is 29.5 Å². The number of hydrogen-bond acceptors (Lipinski definition) is 4. The SMILES string of the molecule is Cc1cn[nH]c1NC(=O)c1nc[nH]c1C(=O)O. The van der Waals surface area contributed by atoms with E-state index in [4.69, 9.17) is 5.11 Å². The van der Waals surface area contributed by atoms with Gasteiger partial charge >= 0.3 is 5.97 Å². The van der Waals surface area contributed by atoms with Gasteiger partial charge in [0.05, 0.1) is 12.5 Å². The first-order valence-corrected chi connectivity index (χ1v) is 4.67. The Labute approximate surface area is 95.1 Å². The molecule has 8 nitrogen and oxygen atoms in total. The molecule has 0 unspecified atom stereocenters. The Bertz CT molecular complexity index is 571. The molecule has 0 fully saturated rings. The van der Waals surface area contributed by atoms with Crippen LogP contribution in [0.2, 0.25) is 0 Å². The number of aromatic nitrogens is 4. The number of hydrogen-bond donors (Lipinski definition) is 4. The standard InChI is InChI=1S/C9H9N5O3/c1-4-2-12-14-7(4)13-8(15)5-6(9(16)17)11-3-10-5/h2-3H,1H3,(H,10,11)(H,16,17)(H2,12,13,14,15). The first-order valence-electron chi connectivity index (χ1n) is 4.67. The van der Waals surface area contributed by atoms with Gasteiger partial charge in [-0.05, 0) is 6.92 Å². The Balaban J connectivity index is 2.23.